The molecule has 0 saturated heterocycles. The van der Waals surface area contributed by atoms with Crippen LogP contribution in [0.5, 0.6) is 5.88 Å². The van der Waals surface area contributed by atoms with Crippen LogP contribution >= 0.6 is 0 Å². The third-order valence-corrected chi connectivity index (χ3v) is 1.64. The van der Waals surface area contributed by atoms with Crippen molar-refractivity contribution in [3.05, 3.63) is 24.0 Å². The van der Waals surface area contributed by atoms with Crippen molar-refractivity contribution in [2.24, 2.45) is 0 Å². The molecule has 0 aliphatic rings. The summed E-state index contributed by atoms with van der Waals surface area (Å²) in [7, 11) is 1.53. The Hall–Kier alpha value is -1.91. The average Bonchev–Trinajstić information content (AvgIpc) is 2.58. The number of nitrogens with zero attached hydrogens (tertiary/aromatic N) is 3. The van der Waals surface area contributed by atoms with Crippen molar-refractivity contribution in [3.8, 4) is 5.88 Å². The van der Waals surface area contributed by atoms with Crippen LogP contribution in [-0.4, -0.2) is 28.0 Å². The summed E-state index contributed by atoms with van der Waals surface area (Å²) in [5.74, 6) is 0.488. The number of carbonyl (C=O) groups excluding carboxylic acids is 1. The van der Waals surface area contributed by atoms with Crippen molar-refractivity contribution >= 4 is 11.9 Å². The standard InChI is InChI=1S/C8H7N3O2/c1-13-8-3-2-7-9-6(5-12)4-11(7)10-8/h2-5H,1H3. The van der Waals surface area contributed by atoms with E-state index in [2.05, 4.69) is 10.1 Å². The van der Waals surface area contributed by atoms with Crippen LogP contribution in [0.15, 0.2) is 18.3 Å². The lowest BCUT2D eigenvalue weighted by Gasteiger charge is -1.96. The molecule has 0 spiro atoms. The van der Waals surface area contributed by atoms with Crippen molar-refractivity contribution in [3.63, 3.8) is 0 Å². The summed E-state index contributed by atoms with van der Waals surface area (Å²) in [4.78, 5) is 14.4. The molecule has 13 heavy (non-hydrogen) atoms. The molecule has 0 N–H and O–H groups in total. The minimum absolute atomic E-state index is 0.362. The Morgan fingerprint density at radius 1 is 1.54 bits per heavy atom. The fourth-order valence-electron chi connectivity index (χ4n) is 1.05. The van der Waals surface area contributed by atoms with E-state index in [1.165, 1.54) is 11.6 Å². The number of hydrogen-bond acceptors (Lipinski definition) is 4. The third kappa shape index (κ3) is 1.24. The van der Waals surface area contributed by atoms with Gasteiger partial charge in [-0.2, -0.15) is 0 Å². The van der Waals surface area contributed by atoms with Crippen LogP contribution in [0.4, 0.5) is 0 Å². The Bertz CT molecular complexity index is 450. The molecule has 0 amide bonds. The maximum atomic E-state index is 10.4. The zero-order chi connectivity index (χ0) is 9.26. The molecule has 5 heteroatoms. The first-order valence-corrected chi connectivity index (χ1v) is 3.69. The number of methoxy groups -OCH3 is 1. The van der Waals surface area contributed by atoms with E-state index in [0.717, 1.165) is 0 Å². The van der Waals surface area contributed by atoms with Crippen molar-refractivity contribution in [1.82, 2.24) is 14.6 Å². The Morgan fingerprint density at radius 3 is 3.08 bits per heavy atom. The van der Waals surface area contributed by atoms with Gasteiger partial charge in [0.1, 0.15) is 5.69 Å². The zero-order valence-corrected chi connectivity index (χ0v) is 6.97. The van der Waals surface area contributed by atoms with Crippen LogP contribution in [0.25, 0.3) is 5.65 Å². The highest BCUT2D eigenvalue weighted by Crippen LogP contribution is 2.07. The van der Waals surface area contributed by atoms with Crippen LogP contribution in [0, 0.1) is 0 Å². The van der Waals surface area contributed by atoms with Crippen LogP contribution in [0.2, 0.25) is 0 Å². The van der Waals surface area contributed by atoms with Crippen LogP contribution in [0.1, 0.15) is 10.5 Å². The summed E-state index contributed by atoms with van der Waals surface area (Å²) in [6.07, 6.45) is 2.23. The van der Waals surface area contributed by atoms with Gasteiger partial charge < -0.3 is 4.74 Å². The maximum absolute atomic E-state index is 10.4. The molecule has 2 rings (SSSR count). The van der Waals surface area contributed by atoms with Gasteiger partial charge in [-0.3, -0.25) is 4.79 Å². The SMILES string of the molecule is COc1ccc2nc(C=O)cn2n1. The monoisotopic (exact) mass is 177 g/mol. The number of fused-ring (bicyclic) bond motifs is 1. The van der Waals surface area contributed by atoms with Crippen molar-refractivity contribution in [2.45, 2.75) is 0 Å². The number of aldehydes is 1. The molecule has 0 bridgehead atoms. The van der Waals surface area contributed by atoms with Crippen molar-refractivity contribution < 1.29 is 9.53 Å². The molecule has 66 valence electrons. The molecule has 2 heterocycles. The highest BCUT2D eigenvalue weighted by Gasteiger charge is 2.01. The Labute approximate surface area is 74.0 Å². The van der Waals surface area contributed by atoms with E-state index in [1.807, 2.05) is 0 Å². The van der Waals surface area contributed by atoms with E-state index in [4.69, 9.17) is 4.74 Å². The van der Waals surface area contributed by atoms with Gasteiger partial charge in [-0.1, -0.05) is 0 Å². The summed E-state index contributed by atoms with van der Waals surface area (Å²) in [6.45, 7) is 0. The number of ether oxygens (including phenoxy) is 1. The molecular formula is C8H7N3O2. The van der Waals surface area contributed by atoms with Gasteiger partial charge in [0.25, 0.3) is 0 Å². The van der Waals surface area contributed by atoms with Gasteiger partial charge in [0, 0.05) is 6.07 Å². The molecule has 0 aliphatic heterocycles. The van der Waals surface area contributed by atoms with Crippen LogP contribution in [-0.2, 0) is 0 Å². The Morgan fingerprint density at radius 2 is 2.38 bits per heavy atom. The highest BCUT2D eigenvalue weighted by atomic mass is 16.5. The fraction of sp³-hybridized carbons (Fsp3) is 0.125. The summed E-state index contributed by atoms with van der Waals surface area (Å²) >= 11 is 0. The van der Waals surface area contributed by atoms with E-state index in [1.54, 1.807) is 18.3 Å². The van der Waals surface area contributed by atoms with E-state index in [-0.39, 0.29) is 0 Å². The van der Waals surface area contributed by atoms with Gasteiger partial charge in [-0.05, 0) is 6.07 Å². The lowest BCUT2D eigenvalue weighted by Crippen LogP contribution is -1.93. The third-order valence-electron chi connectivity index (χ3n) is 1.64. The van der Waals surface area contributed by atoms with E-state index >= 15 is 0 Å². The first-order valence-electron chi connectivity index (χ1n) is 3.69. The lowest BCUT2D eigenvalue weighted by atomic mass is 10.5. The Balaban J connectivity index is 2.63. The molecule has 0 saturated carbocycles. The summed E-state index contributed by atoms with van der Waals surface area (Å²) in [5, 5.41) is 4.04. The number of rotatable bonds is 2. The van der Waals surface area contributed by atoms with Gasteiger partial charge in [0.2, 0.25) is 5.88 Å². The zero-order valence-electron chi connectivity index (χ0n) is 6.97. The molecular weight excluding hydrogens is 170 g/mol. The molecule has 0 aromatic carbocycles. The second-order valence-corrected chi connectivity index (χ2v) is 2.46. The highest BCUT2D eigenvalue weighted by molar-refractivity contribution is 5.72. The quantitative estimate of drug-likeness (QED) is 0.628. The predicted molar refractivity (Wildman–Crippen MR) is 44.9 cm³/mol. The number of imidazole rings is 1. The number of carbonyl (C=O) groups is 1. The van der Waals surface area contributed by atoms with Gasteiger partial charge in [0.05, 0.1) is 13.3 Å². The van der Waals surface area contributed by atoms with Gasteiger partial charge in [0.15, 0.2) is 11.9 Å². The molecule has 2 aromatic rings. The molecule has 5 nitrogen and oxygen atoms in total. The molecule has 0 fully saturated rings. The smallest absolute Gasteiger partial charge is 0.231 e. The van der Waals surface area contributed by atoms with Crippen molar-refractivity contribution in [2.75, 3.05) is 7.11 Å². The van der Waals surface area contributed by atoms with E-state index in [0.29, 0.717) is 23.5 Å². The first-order chi connectivity index (χ1) is 6.33. The van der Waals surface area contributed by atoms with Crippen molar-refractivity contribution in [1.29, 1.82) is 0 Å². The summed E-state index contributed by atoms with van der Waals surface area (Å²) < 4.78 is 6.42. The fourth-order valence-corrected chi connectivity index (χ4v) is 1.05. The second-order valence-electron chi connectivity index (χ2n) is 2.46. The molecule has 2 aromatic heterocycles. The van der Waals surface area contributed by atoms with Gasteiger partial charge in [-0.25, -0.2) is 9.50 Å². The van der Waals surface area contributed by atoms with Gasteiger partial charge in [-0.15, -0.1) is 5.10 Å². The van der Waals surface area contributed by atoms with Gasteiger partial charge >= 0.3 is 0 Å². The summed E-state index contributed by atoms with van der Waals surface area (Å²) in [5.41, 5.74) is 0.989. The van der Waals surface area contributed by atoms with Crippen LogP contribution in [0.3, 0.4) is 0 Å². The number of hydrogen-bond donors (Lipinski definition) is 0. The predicted octanol–water partition coefficient (Wildman–Crippen LogP) is 0.550. The topological polar surface area (TPSA) is 56.5 Å². The van der Waals surface area contributed by atoms with E-state index < -0.39 is 0 Å². The number of aromatic nitrogens is 3. The molecule has 0 aliphatic carbocycles. The second kappa shape index (κ2) is 2.85. The molecule has 0 unspecified atom stereocenters. The molecule has 0 atom stereocenters. The van der Waals surface area contributed by atoms with E-state index in [9.17, 15) is 4.79 Å². The summed E-state index contributed by atoms with van der Waals surface area (Å²) in [6, 6.07) is 3.43. The normalized spacial score (nSPS) is 10.2. The molecule has 0 radical (unpaired) electrons. The minimum atomic E-state index is 0.362. The Kier molecular flexibility index (Phi) is 1.70. The largest absolute Gasteiger partial charge is 0.480 e. The lowest BCUT2D eigenvalue weighted by molar-refractivity contribution is 0.111. The first kappa shape index (κ1) is 7.72. The maximum Gasteiger partial charge on any atom is 0.231 e. The van der Waals surface area contributed by atoms with Crippen LogP contribution < -0.4 is 4.74 Å². The average molecular weight is 177 g/mol. The minimum Gasteiger partial charge on any atom is -0.480 e.